The second-order valence-corrected chi connectivity index (χ2v) is 7.50. The van der Waals surface area contributed by atoms with Gasteiger partial charge in [-0.1, -0.05) is 30.3 Å². The molecular formula is C22H21N7O. The van der Waals surface area contributed by atoms with Crippen LogP contribution in [0, 0.1) is 6.92 Å². The van der Waals surface area contributed by atoms with Crippen LogP contribution in [0.3, 0.4) is 0 Å². The van der Waals surface area contributed by atoms with Gasteiger partial charge in [0.05, 0.1) is 41.7 Å². The average Bonchev–Trinajstić information content (AvgIpc) is 3.42. The van der Waals surface area contributed by atoms with Gasteiger partial charge in [0.2, 0.25) is 0 Å². The van der Waals surface area contributed by atoms with Gasteiger partial charge >= 0.3 is 0 Å². The Bertz CT molecular complexity index is 1210. The fourth-order valence-electron chi connectivity index (χ4n) is 3.97. The van der Waals surface area contributed by atoms with Crippen molar-refractivity contribution in [2.24, 2.45) is 7.05 Å². The van der Waals surface area contributed by atoms with Crippen LogP contribution in [0.4, 0.5) is 0 Å². The summed E-state index contributed by atoms with van der Waals surface area (Å²) in [5.74, 6) is 0.500. The lowest BCUT2D eigenvalue weighted by Gasteiger charge is -2.32. The zero-order chi connectivity index (χ0) is 20.7. The summed E-state index contributed by atoms with van der Waals surface area (Å²) < 4.78 is 1.77. The molecule has 1 aliphatic rings. The standard InChI is InChI=1S/C22H21N7O/c1-14-23-9-17(20(27-14)15-6-4-3-5-7-15)22(30)29-11-18(16-8-26-28(2)10-16)21-19(12-29)24-13-25-21/h3-10,13,18H,11-12H2,1-2H3,(H,24,25). The fraction of sp³-hybridized carbons (Fsp3) is 0.227. The molecule has 0 fully saturated rings. The summed E-state index contributed by atoms with van der Waals surface area (Å²) in [6.07, 6.45) is 7.13. The summed E-state index contributed by atoms with van der Waals surface area (Å²) >= 11 is 0. The molecule has 0 radical (unpaired) electrons. The van der Waals surface area contributed by atoms with Crippen molar-refractivity contribution in [3.8, 4) is 11.3 Å². The fourth-order valence-corrected chi connectivity index (χ4v) is 3.97. The summed E-state index contributed by atoms with van der Waals surface area (Å²) in [5.41, 5.74) is 5.00. The number of carbonyl (C=O) groups is 1. The zero-order valence-corrected chi connectivity index (χ0v) is 16.8. The van der Waals surface area contributed by atoms with E-state index in [1.54, 1.807) is 17.2 Å². The minimum Gasteiger partial charge on any atom is -0.347 e. The summed E-state index contributed by atoms with van der Waals surface area (Å²) in [4.78, 5) is 32.0. The quantitative estimate of drug-likeness (QED) is 0.572. The monoisotopic (exact) mass is 399 g/mol. The molecule has 4 heterocycles. The first-order chi connectivity index (χ1) is 14.6. The van der Waals surface area contributed by atoms with Gasteiger partial charge in [-0.3, -0.25) is 9.48 Å². The molecule has 1 unspecified atom stereocenters. The smallest absolute Gasteiger partial charge is 0.258 e. The number of aromatic amines is 1. The van der Waals surface area contributed by atoms with Crippen LogP contribution in [-0.4, -0.2) is 47.1 Å². The Balaban J connectivity index is 1.53. The Morgan fingerprint density at radius 3 is 2.77 bits per heavy atom. The first kappa shape index (κ1) is 18.2. The van der Waals surface area contributed by atoms with Crippen molar-refractivity contribution in [3.63, 3.8) is 0 Å². The first-order valence-electron chi connectivity index (χ1n) is 9.79. The van der Waals surface area contributed by atoms with Crippen molar-refractivity contribution in [1.82, 2.24) is 34.6 Å². The van der Waals surface area contributed by atoms with E-state index >= 15 is 0 Å². The van der Waals surface area contributed by atoms with Gasteiger partial charge in [-0.25, -0.2) is 15.0 Å². The van der Waals surface area contributed by atoms with Gasteiger partial charge in [-0.15, -0.1) is 0 Å². The number of H-pyrrole nitrogens is 1. The number of hydrogen-bond acceptors (Lipinski definition) is 5. The van der Waals surface area contributed by atoms with Crippen LogP contribution in [0.25, 0.3) is 11.3 Å². The minimum atomic E-state index is -0.0945. The van der Waals surface area contributed by atoms with Gasteiger partial charge in [-0.2, -0.15) is 5.10 Å². The second kappa shape index (κ2) is 7.22. The summed E-state index contributed by atoms with van der Waals surface area (Å²) in [7, 11) is 1.89. The van der Waals surface area contributed by atoms with Gasteiger partial charge in [0.1, 0.15) is 5.82 Å². The Morgan fingerprint density at radius 2 is 2.00 bits per heavy atom. The lowest BCUT2D eigenvalue weighted by atomic mass is 9.92. The molecule has 3 aromatic heterocycles. The summed E-state index contributed by atoms with van der Waals surface area (Å²) in [5, 5.41) is 4.30. The number of hydrogen-bond donors (Lipinski definition) is 1. The maximum atomic E-state index is 13.6. The van der Waals surface area contributed by atoms with E-state index in [9.17, 15) is 4.79 Å². The Hall–Kier alpha value is -3.81. The number of aromatic nitrogens is 6. The normalized spacial score (nSPS) is 15.8. The van der Waals surface area contributed by atoms with Crippen molar-refractivity contribution >= 4 is 5.91 Å². The highest BCUT2D eigenvalue weighted by Gasteiger charge is 2.33. The van der Waals surface area contributed by atoms with Crippen molar-refractivity contribution in [1.29, 1.82) is 0 Å². The molecule has 1 aromatic carbocycles. The Labute approximate surface area is 173 Å². The Morgan fingerprint density at radius 1 is 1.17 bits per heavy atom. The third kappa shape index (κ3) is 3.16. The van der Waals surface area contributed by atoms with Crippen molar-refractivity contribution < 1.29 is 4.79 Å². The van der Waals surface area contributed by atoms with E-state index in [0.29, 0.717) is 30.2 Å². The van der Waals surface area contributed by atoms with Crippen molar-refractivity contribution in [3.05, 3.63) is 83.6 Å². The highest BCUT2D eigenvalue weighted by atomic mass is 16.2. The molecule has 5 rings (SSSR count). The molecule has 8 heteroatoms. The molecule has 30 heavy (non-hydrogen) atoms. The SMILES string of the molecule is Cc1ncc(C(=O)N2Cc3[nH]cnc3C(c3cnn(C)c3)C2)c(-c2ccccc2)n1. The zero-order valence-electron chi connectivity index (χ0n) is 16.8. The molecule has 0 bridgehead atoms. The van der Waals surface area contributed by atoms with E-state index < -0.39 is 0 Å². The maximum Gasteiger partial charge on any atom is 0.258 e. The first-order valence-corrected chi connectivity index (χ1v) is 9.79. The third-order valence-corrected chi connectivity index (χ3v) is 5.43. The molecule has 150 valence electrons. The number of carbonyl (C=O) groups excluding carboxylic acids is 1. The minimum absolute atomic E-state index is 0.0378. The highest BCUT2D eigenvalue weighted by Crippen LogP contribution is 2.33. The van der Waals surface area contributed by atoms with E-state index in [1.807, 2.05) is 61.6 Å². The largest absolute Gasteiger partial charge is 0.347 e. The van der Waals surface area contributed by atoms with E-state index in [0.717, 1.165) is 22.5 Å². The summed E-state index contributed by atoms with van der Waals surface area (Å²) in [6.45, 7) is 2.81. The molecule has 0 saturated heterocycles. The predicted molar refractivity (Wildman–Crippen MR) is 111 cm³/mol. The number of aryl methyl sites for hydroxylation is 2. The number of imidazole rings is 1. The van der Waals surface area contributed by atoms with Gasteiger partial charge in [0.25, 0.3) is 5.91 Å². The molecule has 1 aliphatic heterocycles. The maximum absolute atomic E-state index is 13.6. The number of nitrogens with one attached hydrogen (secondary N) is 1. The number of nitrogens with zero attached hydrogens (tertiary/aromatic N) is 6. The van der Waals surface area contributed by atoms with Crippen LogP contribution < -0.4 is 0 Å². The van der Waals surface area contributed by atoms with Crippen LogP contribution >= 0.6 is 0 Å². The van der Waals surface area contributed by atoms with E-state index in [1.165, 1.54) is 0 Å². The average molecular weight is 399 g/mol. The molecule has 1 amide bonds. The molecule has 4 aromatic rings. The van der Waals surface area contributed by atoms with Crippen LogP contribution in [0.5, 0.6) is 0 Å². The van der Waals surface area contributed by atoms with Crippen molar-refractivity contribution in [2.45, 2.75) is 19.4 Å². The van der Waals surface area contributed by atoms with Crippen LogP contribution in [0.15, 0.2) is 55.2 Å². The molecule has 1 atom stereocenters. The van der Waals surface area contributed by atoms with Gasteiger partial charge < -0.3 is 9.88 Å². The van der Waals surface area contributed by atoms with Gasteiger partial charge in [0, 0.05) is 43.0 Å². The van der Waals surface area contributed by atoms with Crippen LogP contribution in [-0.2, 0) is 13.6 Å². The summed E-state index contributed by atoms with van der Waals surface area (Å²) in [6, 6.07) is 9.75. The lowest BCUT2D eigenvalue weighted by Crippen LogP contribution is -2.39. The molecule has 1 N–H and O–H groups in total. The van der Waals surface area contributed by atoms with Crippen LogP contribution in [0.1, 0.15) is 39.1 Å². The molecule has 0 aliphatic carbocycles. The molecule has 0 spiro atoms. The van der Waals surface area contributed by atoms with Gasteiger partial charge in [-0.05, 0) is 6.92 Å². The van der Waals surface area contributed by atoms with E-state index in [-0.39, 0.29) is 11.8 Å². The molecule has 0 saturated carbocycles. The Kier molecular flexibility index (Phi) is 4.39. The number of fused-ring (bicyclic) bond motifs is 1. The van der Waals surface area contributed by atoms with E-state index in [4.69, 9.17) is 0 Å². The topological polar surface area (TPSA) is 92.6 Å². The second-order valence-electron chi connectivity index (χ2n) is 7.50. The number of rotatable bonds is 3. The predicted octanol–water partition coefficient (Wildman–Crippen LogP) is 2.70. The van der Waals surface area contributed by atoms with Gasteiger partial charge in [0.15, 0.2) is 0 Å². The molecular weight excluding hydrogens is 378 g/mol. The van der Waals surface area contributed by atoms with Crippen LogP contribution in [0.2, 0.25) is 0 Å². The molecule has 8 nitrogen and oxygen atoms in total. The highest BCUT2D eigenvalue weighted by molar-refractivity contribution is 5.99. The van der Waals surface area contributed by atoms with E-state index in [2.05, 4.69) is 25.0 Å². The number of benzene rings is 1. The van der Waals surface area contributed by atoms with Crippen molar-refractivity contribution in [2.75, 3.05) is 6.54 Å². The number of amides is 1. The third-order valence-electron chi connectivity index (χ3n) is 5.43. The lowest BCUT2D eigenvalue weighted by molar-refractivity contribution is 0.0722.